The molecule has 0 saturated carbocycles. The van der Waals surface area contributed by atoms with Gasteiger partial charge < -0.3 is 0 Å². The molecule has 1 aromatic carbocycles. The van der Waals surface area contributed by atoms with Crippen molar-refractivity contribution >= 4 is 28.5 Å². The molecule has 2 rings (SSSR count). The molecule has 0 bridgehead atoms. The SMILES string of the molecule is CCCCCc1nnc(NC(=O)/C=C\c2cccc(F)c2)s1. The van der Waals surface area contributed by atoms with Crippen LogP contribution in [0.15, 0.2) is 30.3 Å². The van der Waals surface area contributed by atoms with Crippen molar-refractivity contribution in [1.29, 1.82) is 0 Å². The molecular formula is C16H18FN3OS. The molecule has 0 fully saturated rings. The Kier molecular flexibility index (Phi) is 6.21. The quantitative estimate of drug-likeness (QED) is 0.618. The number of aromatic nitrogens is 2. The lowest BCUT2D eigenvalue weighted by Gasteiger charge is -1.96. The van der Waals surface area contributed by atoms with Crippen LogP contribution in [-0.2, 0) is 11.2 Å². The van der Waals surface area contributed by atoms with Gasteiger partial charge in [-0.25, -0.2) is 4.39 Å². The van der Waals surface area contributed by atoms with Crippen molar-refractivity contribution in [3.63, 3.8) is 0 Å². The van der Waals surface area contributed by atoms with E-state index in [-0.39, 0.29) is 11.7 Å². The second-order valence-electron chi connectivity index (χ2n) is 4.84. The Morgan fingerprint density at radius 1 is 1.36 bits per heavy atom. The monoisotopic (exact) mass is 319 g/mol. The summed E-state index contributed by atoms with van der Waals surface area (Å²) in [5.41, 5.74) is 0.632. The van der Waals surface area contributed by atoms with Gasteiger partial charge in [0.15, 0.2) is 0 Å². The van der Waals surface area contributed by atoms with E-state index in [2.05, 4.69) is 22.4 Å². The lowest BCUT2D eigenvalue weighted by Crippen LogP contribution is -2.07. The molecule has 0 unspecified atom stereocenters. The number of aryl methyl sites for hydroxylation is 1. The fraction of sp³-hybridized carbons (Fsp3) is 0.312. The van der Waals surface area contributed by atoms with Gasteiger partial charge in [-0.3, -0.25) is 10.1 Å². The lowest BCUT2D eigenvalue weighted by atomic mass is 10.2. The number of benzene rings is 1. The largest absolute Gasteiger partial charge is 0.297 e. The van der Waals surface area contributed by atoms with Crippen molar-refractivity contribution in [3.05, 3.63) is 46.7 Å². The van der Waals surface area contributed by atoms with Gasteiger partial charge in [-0.05, 0) is 30.2 Å². The molecule has 0 spiro atoms. The molecule has 1 heterocycles. The highest BCUT2D eigenvalue weighted by atomic mass is 32.1. The van der Waals surface area contributed by atoms with Crippen molar-refractivity contribution < 1.29 is 9.18 Å². The molecule has 0 aliphatic heterocycles. The van der Waals surface area contributed by atoms with E-state index in [9.17, 15) is 9.18 Å². The molecule has 6 heteroatoms. The summed E-state index contributed by atoms with van der Waals surface area (Å²) in [5, 5.41) is 12.1. The molecule has 0 atom stereocenters. The minimum Gasteiger partial charge on any atom is -0.297 e. The van der Waals surface area contributed by atoms with Crippen molar-refractivity contribution in [3.8, 4) is 0 Å². The van der Waals surface area contributed by atoms with Gasteiger partial charge in [0.2, 0.25) is 11.0 Å². The van der Waals surface area contributed by atoms with Gasteiger partial charge in [-0.1, -0.05) is 43.2 Å². The summed E-state index contributed by atoms with van der Waals surface area (Å²) in [6, 6.07) is 6.04. The van der Waals surface area contributed by atoms with Gasteiger partial charge in [-0.2, -0.15) is 0 Å². The topological polar surface area (TPSA) is 54.9 Å². The Labute approximate surface area is 133 Å². The smallest absolute Gasteiger partial charge is 0.250 e. The predicted octanol–water partition coefficient (Wildman–Crippen LogP) is 4.06. The van der Waals surface area contributed by atoms with Gasteiger partial charge >= 0.3 is 0 Å². The summed E-state index contributed by atoms with van der Waals surface area (Å²) in [4.78, 5) is 11.8. The number of rotatable bonds is 7. The number of hydrogen-bond acceptors (Lipinski definition) is 4. The maximum Gasteiger partial charge on any atom is 0.250 e. The average molecular weight is 319 g/mol. The first kappa shape index (κ1) is 16.3. The van der Waals surface area contributed by atoms with Crippen LogP contribution in [-0.4, -0.2) is 16.1 Å². The number of carbonyl (C=O) groups is 1. The molecule has 0 aliphatic rings. The zero-order valence-corrected chi connectivity index (χ0v) is 13.2. The first-order chi connectivity index (χ1) is 10.7. The molecule has 0 saturated heterocycles. The summed E-state index contributed by atoms with van der Waals surface area (Å²) in [6.45, 7) is 2.15. The van der Waals surface area contributed by atoms with Crippen molar-refractivity contribution in [2.75, 3.05) is 5.32 Å². The molecule has 4 nitrogen and oxygen atoms in total. The number of anilines is 1. The van der Waals surface area contributed by atoms with Crippen LogP contribution in [0, 0.1) is 5.82 Å². The third-order valence-electron chi connectivity index (χ3n) is 2.97. The minimum atomic E-state index is -0.330. The Morgan fingerprint density at radius 3 is 3.00 bits per heavy atom. The summed E-state index contributed by atoms with van der Waals surface area (Å²) >= 11 is 1.39. The molecule has 116 valence electrons. The van der Waals surface area contributed by atoms with Gasteiger partial charge in [0.05, 0.1) is 0 Å². The second-order valence-corrected chi connectivity index (χ2v) is 5.90. The van der Waals surface area contributed by atoms with E-state index < -0.39 is 0 Å². The number of carbonyl (C=O) groups excluding carboxylic acids is 1. The van der Waals surface area contributed by atoms with E-state index in [1.165, 1.54) is 29.5 Å². The van der Waals surface area contributed by atoms with Crippen molar-refractivity contribution in [2.45, 2.75) is 32.6 Å². The number of nitrogens with zero attached hydrogens (tertiary/aromatic N) is 2. The number of hydrogen-bond donors (Lipinski definition) is 1. The summed E-state index contributed by atoms with van der Waals surface area (Å²) in [7, 11) is 0. The summed E-state index contributed by atoms with van der Waals surface area (Å²) in [6.07, 6.45) is 7.21. The van der Waals surface area contributed by atoms with Gasteiger partial charge in [-0.15, -0.1) is 10.2 Å². The molecule has 22 heavy (non-hydrogen) atoms. The zero-order valence-electron chi connectivity index (χ0n) is 12.4. The van der Waals surface area contributed by atoms with Crippen LogP contribution in [0.2, 0.25) is 0 Å². The van der Waals surface area contributed by atoms with Crippen LogP contribution in [0.4, 0.5) is 9.52 Å². The predicted molar refractivity (Wildman–Crippen MR) is 87.2 cm³/mol. The third-order valence-corrected chi connectivity index (χ3v) is 3.87. The van der Waals surface area contributed by atoms with Crippen LogP contribution in [0.1, 0.15) is 36.8 Å². The van der Waals surface area contributed by atoms with Gasteiger partial charge in [0, 0.05) is 12.5 Å². The van der Waals surface area contributed by atoms with E-state index >= 15 is 0 Å². The van der Waals surface area contributed by atoms with Crippen molar-refractivity contribution in [2.24, 2.45) is 0 Å². The van der Waals surface area contributed by atoms with E-state index in [1.807, 2.05) is 0 Å². The number of amides is 1. The molecular weight excluding hydrogens is 301 g/mol. The van der Waals surface area contributed by atoms with Crippen molar-refractivity contribution in [1.82, 2.24) is 10.2 Å². The molecule has 0 aliphatic carbocycles. The van der Waals surface area contributed by atoms with E-state index in [0.29, 0.717) is 10.7 Å². The average Bonchev–Trinajstić information content (AvgIpc) is 2.93. The summed E-state index contributed by atoms with van der Waals surface area (Å²) in [5.74, 6) is -0.635. The first-order valence-corrected chi connectivity index (χ1v) is 8.06. The van der Waals surface area contributed by atoms with E-state index in [1.54, 1.807) is 18.2 Å². The van der Waals surface area contributed by atoms with Gasteiger partial charge in [0.1, 0.15) is 10.8 Å². The third kappa shape index (κ3) is 5.37. The zero-order chi connectivity index (χ0) is 15.8. The van der Waals surface area contributed by atoms with Gasteiger partial charge in [0.25, 0.3) is 0 Å². The highest BCUT2D eigenvalue weighted by molar-refractivity contribution is 7.15. The molecule has 1 amide bonds. The van der Waals surface area contributed by atoms with E-state index in [0.717, 1.165) is 30.7 Å². The summed E-state index contributed by atoms with van der Waals surface area (Å²) < 4.78 is 13.0. The maximum absolute atomic E-state index is 13.0. The van der Waals surface area contributed by atoms with Crippen LogP contribution < -0.4 is 5.32 Å². The highest BCUT2D eigenvalue weighted by Crippen LogP contribution is 2.17. The number of halogens is 1. The Morgan fingerprint density at radius 2 is 2.23 bits per heavy atom. The number of nitrogens with one attached hydrogen (secondary N) is 1. The fourth-order valence-corrected chi connectivity index (χ4v) is 2.65. The standard InChI is InChI=1S/C16H18FN3OS/c1-2-3-4-8-15-19-20-16(22-15)18-14(21)10-9-12-6-5-7-13(17)11-12/h5-7,9-11H,2-4,8H2,1H3,(H,18,20,21)/b10-9-. The fourth-order valence-electron chi connectivity index (χ4n) is 1.86. The Hall–Kier alpha value is -2.08. The number of unbranched alkanes of at least 4 members (excludes halogenated alkanes) is 2. The minimum absolute atomic E-state index is 0.305. The maximum atomic E-state index is 13.0. The second kappa shape index (κ2) is 8.38. The normalized spacial score (nSPS) is 11.0. The molecule has 1 N–H and O–H groups in total. The van der Waals surface area contributed by atoms with Crippen LogP contribution in [0.5, 0.6) is 0 Å². The van der Waals surface area contributed by atoms with Crippen LogP contribution in [0.25, 0.3) is 6.08 Å². The molecule has 1 aromatic heterocycles. The molecule has 0 radical (unpaired) electrons. The highest BCUT2D eigenvalue weighted by Gasteiger charge is 2.06. The van der Waals surface area contributed by atoms with E-state index in [4.69, 9.17) is 0 Å². The lowest BCUT2D eigenvalue weighted by molar-refractivity contribution is -0.111. The van der Waals surface area contributed by atoms with Crippen LogP contribution in [0.3, 0.4) is 0 Å². The Balaban J connectivity index is 1.86. The molecule has 2 aromatic rings. The first-order valence-electron chi connectivity index (χ1n) is 7.24. The van der Waals surface area contributed by atoms with Crippen LogP contribution >= 0.6 is 11.3 Å². The Bertz CT molecular complexity index is 654.